The van der Waals surface area contributed by atoms with Gasteiger partial charge in [0.1, 0.15) is 5.84 Å². The number of carbonyl (C=O) groups excluding carboxylic acids is 2. The molecule has 7 nitrogen and oxygen atoms in total. The van der Waals surface area contributed by atoms with Gasteiger partial charge in [-0.05, 0) is 36.4 Å². The van der Waals surface area contributed by atoms with Crippen molar-refractivity contribution in [3.05, 3.63) is 65.7 Å². The van der Waals surface area contributed by atoms with E-state index in [0.29, 0.717) is 16.8 Å². The fraction of sp³-hybridized carbons (Fsp3) is 0.118. The van der Waals surface area contributed by atoms with Crippen LogP contribution in [0.5, 0.6) is 0 Å². The predicted octanol–water partition coefficient (Wildman–Crippen LogP) is 2.52. The minimum absolute atomic E-state index is 0.151. The van der Waals surface area contributed by atoms with Gasteiger partial charge in [-0.1, -0.05) is 18.2 Å². The number of hydrogen-bond acceptors (Lipinski definition) is 6. The Hall–Kier alpha value is -3.35. The van der Waals surface area contributed by atoms with Crippen LogP contribution in [0.1, 0.15) is 22.8 Å². The summed E-state index contributed by atoms with van der Waals surface area (Å²) in [6, 6.07) is 14.8. The summed E-state index contributed by atoms with van der Waals surface area (Å²) in [5, 5.41) is 10.0. The van der Waals surface area contributed by atoms with Crippen molar-refractivity contribution in [2.24, 2.45) is 0 Å². The number of nitrogens with one attached hydrogen (secondary N) is 2. The van der Waals surface area contributed by atoms with Crippen LogP contribution in [0, 0.1) is 5.41 Å². The number of rotatable bonds is 4. The Labute approximate surface area is 138 Å². The highest BCUT2D eigenvalue weighted by atomic mass is 16.7. The third-order valence-electron chi connectivity index (χ3n) is 2.98. The second-order valence-electron chi connectivity index (χ2n) is 4.87. The second-order valence-corrected chi connectivity index (χ2v) is 4.87. The van der Waals surface area contributed by atoms with Crippen LogP contribution in [0.2, 0.25) is 0 Å². The predicted molar refractivity (Wildman–Crippen MR) is 88.6 cm³/mol. The van der Waals surface area contributed by atoms with Gasteiger partial charge in [0.05, 0.1) is 5.56 Å². The highest BCUT2D eigenvalue weighted by Crippen LogP contribution is 2.07. The molecule has 0 bridgehead atoms. The molecule has 0 spiro atoms. The van der Waals surface area contributed by atoms with E-state index in [9.17, 15) is 9.59 Å². The maximum atomic E-state index is 11.8. The zero-order valence-corrected chi connectivity index (χ0v) is 13.0. The van der Waals surface area contributed by atoms with Crippen LogP contribution >= 0.6 is 0 Å². The van der Waals surface area contributed by atoms with E-state index < -0.39 is 18.4 Å². The van der Waals surface area contributed by atoms with Crippen LogP contribution in [-0.2, 0) is 9.47 Å². The zero-order chi connectivity index (χ0) is 17.5. The monoisotopic (exact) mass is 327 g/mol. The number of benzene rings is 2. The lowest BCUT2D eigenvalue weighted by molar-refractivity contribution is -0.0588. The van der Waals surface area contributed by atoms with Crippen LogP contribution in [0.4, 0.5) is 10.5 Å². The van der Waals surface area contributed by atoms with Crippen molar-refractivity contribution in [2.75, 3.05) is 5.73 Å². The molecule has 0 fully saturated rings. The number of amides is 1. The van der Waals surface area contributed by atoms with E-state index in [1.807, 2.05) is 0 Å². The molecule has 0 aromatic heterocycles. The summed E-state index contributed by atoms with van der Waals surface area (Å²) in [5.41, 5.74) is 6.93. The first kappa shape index (κ1) is 17.0. The molecule has 2 aromatic carbocycles. The molecule has 0 aliphatic carbocycles. The summed E-state index contributed by atoms with van der Waals surface area (Å²) in [4.78, 5) is 23.6. The zero-order valence-electron chi connectivity index (χ0n) is 13.0. The van der Waals surface area contributed by atoms with Gasteiger partial charge in [-0.3, -0.25) is 10.7 Å². The normalized spacial score (nSPS) is 11.2. The molecule has 1 amide bonds. The van der Waals surface area contributed by atoms with Gasteiger partial charge in [0.2, 0.25) is 6.29 Å². The first-order chi connectivity index (χ1) is 11.5. The lowest BCUT2D eigenvalue weighted by Crippen LogP contribution is -2.34. The van der Waals surface area contributed by atoms with Crippen LogP contribution in [0.3, 0.4) is 0 Å². The second kappa shape index (κ2) is 7.77. The Morgan fingerprint density at radius 1 is 1.00 bits per heavy atom. The molecule has 24 heavy (non-hydrogen) atoms. The molecule has 1 atom stereocenters. The molecule has 0 heterocycles. The van der Waals surface area contributed by atoms with Crippen molar-refractivity contribution in [2.45, 2.75) is 13.2 Å². The molecule has 4 N–H and O–H groups in total. The number of esters is 1. The fourth-order valence-corrected chi connectivity index (χ4v) is 1.82. The molecule has 0 aliphatic rings. The average molecular weight is 327 g/mol. The Balaban J connectivity index is 1.84. The van der Waals surface area contributed by atoms with E-state index in [-0.39, 0.29) is 5.84 Å². The molecule has 2 aromatic rings. The number of alkyl carbamates (subject to hydrolysis) is 1. The number of ether oxygens (including phenoxy) is 2. The van der Waals surface area contributed by atoms with E-state index in [0.717, 1.165) is 0 Å². The smallest absolute Gasteiger partial charge is 0.415 e. The van der Waals surface area contributed by atoms with Crippen LogP contribution in [-0.4, -0.2) is 24.2 Å². The molecule has 0 saturated carbocycles. The Kier molecular flexibility index (Phi) is 5.51. The molecule has 2 rings (SSSR count). The van der Waals surface area contributed by atoms with Gasteiger partial charge < -0.3 is 15.2 Å². The van der Waals surface area contributed by atoms with Gasteiger partial charge in [0, 0.05) is 18.2 Å². The first-order valence-electron chi connectivity index (χ1n) is 7.14. The number of hydrogen-bond donors (Lipinski definition) is 3. The van der Waals surface area contributed by atoms with Crippen molar-refractivity contribution in [3.8, 4) is 0 Å². The van der Waals surface area contributed by atoms with E-state index in [2.05, 4.69) is 5.32 Å². The van der Waals surface area contributed by atoms with E-state index in [4.69, 9.17) is 20.6 Å². The van der Waals surface area contributed by atoms with Crippen molar-refractivity contribution >= 4 is 23.6 Å². The third-order valence-corrected chi connectivity index (χ3v) is 2.98. The lowest BCUT2D eigenvalue weighted by Gasteiger charge is -2.15. The Morgan fingerprint density at radius 2 is 1.62 bits per heavy atom. The molecular weight excluding hydrogens is 310 g/mol. The summed E-state index contributed by atoms with van der Waals surface area (Å²) in [6.45, 7) is 1.41. The highest BCUT2D eigenvalue weighted by molar-refractivity contribution is 6.04. The van der Waals surface area contributed by atoms with Crippen LogP contribution < -0.4 is 11.1 Å². The number of anilines is 1. The molecule has 7 heteroatoms. The van der Waals surface area contributed by atoms with Crippen LogP contribution in [0.15, 0.2) is 54.6 Å². The quantitative estimate of drug-likeness (QED) is 0.262. The summed E-state index contributed by atoms with van der Waals surface area (Å²) >= 11 is 0. The van der Waals surface area contributed by atoms with Gasteiger partial charge in [-0.2, -0.15) is 0 Å². The average Bonchev–Trinajstić information content (AvgIpc) is 2.55. The van der Waals surface area contributed by atoms with Crippen molar-refractivity contribution in [3.63, 3.8) is 0 Å². The molecule has 1 unspecified atom stereocenters. The standard InChI is InChI=1S/C17H17N3O4/c1-11(23-16(21)13-5-3-2-4-6-13)24-17(22)20-15(19)12-7-9-14(18)10-8-12/h2-11H,18H2,1H3,(H2,19,20,22). The van der Waals surface area contributed by atoms with Gasteiger partial charge >= 0.3 is 12.1 Å². The SMILES string of the molecule is CC(OC(=O)NC(=N)c1ccc(N)cc1)OC(=O)c1ccccc1. The minimum Gasteiger partial charge on any atom is -0.422 e. The van der Waals surface area contributed by atoms with Gasteiger partial charge in [0.15, 0.2) is 0 Å². The number of nitrogens with two attached hydrogens (primary N) is 1. The van der Waals surface area contributed by atoms with E-state index in [1.165, 1.54) is 6.92 Å². The lowest BCUT2D eigenvalue weighted by atomic mass is 10.2. The molecular formula is C17H17N3O4. The van der Waals surface area contributed by atoms with Crippen molar-refractivity contribution in [1.29, 1.82) is 5.41 Å². The number of nitrogen functional groups attached to an aromatic ring is 1. The molecule has 124 valence electrons. The number of carbonyl (C=O) groups is 2. The molecule has 0 aliphatic heterocycles. The highest BCUT2D eigenvalue weighted by Gasteiger charge is 2.16. The summed E-state index contributed by atoms with van der Waals surface area (Å²) in [5.74, 6) is -0.758. The molecule has 0 radical (unpaired) electrons. The van der Waals surface area contributed by atoms with Crippen molar-refractivity contribution < 1.29 is 19.1 Å². The van der Waals surface area contributed by atoms with Gasteiger partial charge in [0.25, 0.3) is 0 Å². The number of amidine groups is 1. The summed E-state index contributed by atoms with van der Waals surface area (Å²) in [6.07, 6.45) is -2.00. The topological polar surface area (TPSA) is 114 Å². The Bertz CT molecular complexity index is 729. The van der Waals surface area contributed by atoms with E-state index >= 15 is 0 Å². The maximum Gasteiger partial charge on any atom is 0.415 e. The molecule has 0 saturated heterocycles. The fourth-order valence-electron chi connectivity index (χ4n) is 1.82. The summed E-state index contributed by atoms with van der Waals surface area (Å²) in [7, 11) is 0. The van der Waals surface area contributed by atoms with Crippen molar-refractivity contribution in [1.82, 2.24) is 5.32 Å². The van der Waals surface area contributed by atoms with E-state index in [1.54, 1.807) is 54.6 Å². The van der Waals surface area contributed by atoms with Gasteiger partial charge in [-0.15, -0.1) is 0 Å². The maximum absolute atomic E-state index is 11.8. The first-order valence-corrected chi connectivity index (χ1v) is 7.14. The largest absolute Gasteiger partial charge is 0.422 e. The van der Waals surface area contributed by atoms with Crippen LogP contribution in [0.25, 0.3) is 0 Å². The Morgan fingerprint density at radius 3 is 2.25 bits per heavy atom. The summed E-state index contributed by atoms with van der Waals surface area (Å²) < 4.78 is 9.90. The van der Waals surface area contributed by atoms with Gasteiger partial charge in [-0.25, -0.2) is 9.59 Å². The third kappa shape index (κ3) is 4.84. The minimum atomic E-state index is -1.10.